The first-order valence-electron chi connectivity index (χ1n) is 12.7. The second-order valence-electron chi connectivity index (χ2n) is 9.65. The van der Waals surface area contributed by atoms with Crippen LogP contribution in [-0.2, 0) is 4.79 Å². The van der Waals surface area contributed by atoms with E-state index in [9.17, 15) is 9.59 Å². The summed E-state index contributed by atoms with van der Waals surface area (Å²) in [7, 11) is 0. The first-order chi connectivity index (χ1) is 17.7. The second kappa shape index (κ2) is 11.6. The molecule has 0 N–H and O–H groups in total. The number of hydrogen-bond acceptors (Lipinski definition) is 6. The number of unbranched alkanes of at least 4 members (excludes halogenated alkanes) is 1. The Morgan fingerprint density at radius 2 is 1.86 bits per heavy atom. The maximum absolute atomic E-state index is 13.7. The molecule has 0 saturated carbocycles. The van der Waals surface area contributed by atoms with E-state index in [1.54, 1.807) is 23.2 Å². The minimum Gasteiger partial charge on any atom is -0.438 e. The van der Waals surface area contributed by atoms with Gasteiger partial charge in [-0.2, -0.15) is 4.98 Å². The van der Waals surface area contributed by atoms with Crippen molar-refractivity contribution in [3.63, 3.8) is 0 Å². The molecule has 1 saturated heterocycles. The van der Waals surface area contributed by atoms with E-state index in [0.717, 1.165) is 42.4 Å². The molecule has 6 nitrogen and oxygen atoms in total. The molecule has 37 heavy (non-hydrogen) atoms. The van der Waals surface area contributed by atoms with Crippen LogP contribution in [0.1, 0.15) is 61.8 Å². The van der Waals surface area contributed by atoms with Gasteiger partial charge in [-0.1, -0.05) is 69.2 Å². The molecular weight excluding hydrogens is 502 g/mol. The molecule has 1 aliphatic heterocycles. The number of amides is 1. The van der Waals surface area contributed by atoms with Gasteiger partial charge in [0.2, 0.25) is 5.88 Å². The molecule has 3 aromatic rings. The lowest BCUT2D eigenvalue weighted by Crippen LogP contribution is -2.33. The average molecular weight is 536 g/mol. The summed E-state index contributed by atoms with van der Waals surface area (Å²) in [5.74, 6) is 0.979. The monoisotopic (exact) mass is 535 g/mol. The minimum absolute atomic E-state index is 0.170. The Balaban J connectivity index is 1.77. The molecule has 2 aromatic heterocycles. The Morgan fingerprint density at radius 3 is 2.54 bits per heavy atom. The Hall–Kier alpha value is -2.97. The van der Waals surface area contributed by atoms with Crippen LogP contribution in [0, 0.1) is 26.7 Å². The number of rotatable bonds is 9. The first-order valence-corrected chi connectivity index (χ1v) is 14.0. The van der Waals surface area contributed by atoms with Gasteiger partial charge in [-0.3, -0.25) is 18.9 Å². The van der Waals surface area contributed by atoms with E-state index in [1.807, 2.05) is 39.0 Å². The van der Waals surface area contributed by atoms with Crippen molar-refractivity contribution in [3.05, 3.63) is 74.0 Å². The second-order valence-corrected chi connectivity index (χ2v) is 11.3. The number of hydrogen-bond donors (Lipinski definition) is 0. The smallest absolute Gasteiger partial charge is 0.269 e. The molecule has 8 heteroatoms. The fourth-order valence-corrected chi connectivity index (χ4v) is 5.82. The van der Waals surface area contributed by atoms with E-state index in [1.165, 1.54) is 16.2 Å². The van der Waals surface area contributed by atoms with E-state index >= 15 is 0 Å². The molecule has 0 spiro atoms. The Bertz CT molecular complexity index is 1420. The summed E-state index contributed by atoms with van der Waals surface area (Å²) in [6, 6.07) is 9.56. The van der Waals surface area contributed by atoms with Crippen molar-refractivity contribution in [1.29, 1.82) is 0 Å². The summed E-state index contributed by atoms with van der Waals surface area (Å²) in [6.07, 6.45) is 7.57. The quantitative estimate of drug-likeness (QED) is 0.221. The molecule has 0 radical (unpaired) electrons. The van der Waals surface area contributed by atoms with E-state index in [2.05, 4.69) is 19.9 Å². The number of nitrogens with zero attached hydrogens (tertiary/aromatic N) is 3. The summed E-state index contributed by atoms with van der Waals surface area (Å²) in [5.41, 5.74) is 3.37. The van der Waals surface area contributed by atoms with Gasteiger partial charge in [-0.15, -0.1) is 0 Å². The lowest BCUT2D eigenvalue weighted by atomic mass is 9.99. The van der Waals surface area contributed by atoms with Crippen LogP contribution < -0.4 is 10.3 Å². The molecule has 1 aliphatic rings. The highest BCUT2D eigenvalue weighted by Gasteiger charge is 2.34. The van der Waals surface area contributed by atoms with Gasteiger partial charge in [0.25, 0.3) is 11.5 Å². The van der Waals surface area contributed by atoms with Crippen LogP contribution in [0.15, 0.2) is 46.2 Å². The van der Waals surface area contributed by atoms with Crippen molar-refractivity contribution in [2.45, 2.75) is 60.3 Å². The highest BCUT2D eigenvalue weighted by molar-refractivity contribution is 8.26. The van der Waals surface area contributed by atoms with Gasteiger partial charge in [-0.05, 0) is 74.1 Å². The SMILES string of the molecule is CCCCC(CC)CN1C(=O)/C(=C\c2c(Oc3cc(C)cc(C)c3)nc3c(C)cccn3c2=O)SC1=S. The van der Waals surface area contributed by atoms with E-state index in [-0.39, 0.29) is 22.9 Å². The molecule has 3 heterocycles. The average Bonchev–Trinajstić information content (AvgIpc) is 3.11. The van der Waals surface area contributed by atoms with Crippen molar-refractivity contribution in [2.24, 2.45) is 5.92 Å². The highest BCUT2D eigenvalue weighted by atomic mass is 32.2. The van der Waals surface area contributed by atoms with Gasteiger partial charge >= 0.3 is 0 Å². The lowest BCUT2D eigenvalue weighted by molar-refractivity contribution is -0.122. The maximum atomic E-state index is 13.7. The summed E-state index contributed by atoms with van der Waals surface area (Å²) in [4.78, 5) is 33.9. The number of pyridine rings is 1. The zero-order chi connectivity index (χ0) is 26.7. The molecule has 1 fully saturated rings. The van der Waals surface area contributed by atoms with Crippen molar-refractivity contribution in [3.8, 4) is 11.6 Å². The van der Waals surface area contributed by atoms with Gasteiger partial charge in [-0.25, -0.2) is 0 Å². The predicted octanol–water partition coefficient (Wildman–Crippen LogP) is 6.83. The van der Waals surface area contributed by atoms with Crippen LogP contribution in [-0.4, -0.2) is 31.1 Å². The van der Waals surface area contributed by atoms with Crippen molar-refractivity contribution in [2.75, 3.05) is 6.54 Å². The molecule has 1 atom stereocenters. The van der Waals surface area contributed by atoms with Crippen LogP contribution in [0.2, 0.25) is 0 Å². The molecule has 4 rings (SSSR count). The summed E-state index contributed by atoms with van der Waals surface area (Å²) >= 11 is 6.81. The summed E-state index contributed by atoms with van der Waals surface area (Å²) in [6.45, 7) is 10.8. The zero-order valence-corrected chi connectivity index (χ0v) is 23.7. The first kappa shape index (κ1) is 27.1. The van der Waals surface area contributed by atoms with Crippen LogP contribution in [0.4, 0.5) is 0 Å². The predicted molar refractivity (Wildman–Crippen MR) is 155 cm³/mol. The lowest BCUT2D eigenvalue weighted by Gasteiger charge is -2.21. The van der Waals surface area contributed by atoms with Crippen molar-refractivity contribution in [1.82, 2.24) is 14.3 Å². The summed E-state index contributed by atoms with van der Waals surface area (Å²) < 4.78 is 8.22. The number of benzene rings is 1. The molecule has 1 aromatic carbocycles. The van der Waals surface area contributed by atoms with Crippen molar-refractivity contribution >= 4 is 45.9 Å². The van der Waals surface area contributed by atoms with Gasteiger partial charge < -0.3 is 4.74 Å². The number of carbonyl (C=O) groups excluding carboxylic acids is 1. The fourth-order valence-electron chi connectivity index (χ4n) is 4.56. The third-order valence-electron chi connectivity index (χ3n) is 6.59. The number of aryl methyl sites for hydroxylation is 3. The van der Waals surface area contributed by atoms with Gasteiger partial charge in [0, 0.05) is 12.7 Å². The zero-order valence-electron chi connectivity index (χ0n) is 22.0. The number of thiocarbonyl (C=S) groups is 1. The van der Waals surface area contributed by atoms with Crippen LogP contribution in [0.25, 0.3) is 11.7 Å². The molecule has 0 bridgehead atoms. The van der Waals surface area contributed by atoms with Gasteiger partial charge in [0.1, 0.15) is 21.3 Å². The molecule has 194 valence electrons. The minimum atomic E-state index is -0.298. The van der Waals surface area contributed by atoms with Gasteiger partial charge in [0.15, 0.2) is 0 Å². The Kier molecular flexibility index (Phi) is 8.49. The summed E-state index contributed by atoms with van der Waals surface area (Å²) in [5, 5.41) is 0. The maximum Gasteiger partial charge on any atom is 0.269 e. The number of thioether (sulfide) groups is 1. The van der Waals surface area contributed by atoms with Crippen molar-refractivity contribution < 1.29 is 9.53 Å². The third kappa shape index (κ3) is 5.96. The number of carbonyl (C=O) groups is 1. The van der Waals surface area contributed by atoms with Crippen LogP contribution in [0.3, 0.4) is 0 Å². The van der Waals surface area contributed by atoms with Gasteiger partial charge in [0.05, 0.1) is 4.91 Å². The standard InChI is InChI=1S/C29H33N3O3S2/c1-6-8-11-21(7-2)17-32-28(34)24(37-29(32)36)16-23-26(35-22-14-18(3)13-19(4)15-22)30-25-20(5)10-9-12-31(25)27(23)33/h9-10,12-16,21H,6-8,11,17H2,1-5H3/b24-16+. The van der Waals surface area contributed by atoms with Crippen LogP contribution >= 0.6 is 24.0 Å². The molecule has 1 unspecified atom stereocenters. The van der Waals surface area contributed by atoms with Crippen LogP contribution in [0.5, 0.6) is 11.6 Å². The van der Waals surface area contributed by atoms with E-state index < -0.39 is 0 Å². The normalized spacial score (nSPS) is 15.7. The number of fused-ring (bicyclic) bond motifs is 1. The highest BCUT2D eigenvalue weighted by Crippen LogP contribution is 2.35. The largest absolute Gasteiger partial charge is 0.438 e. The Morgan fingerprint density at radius 1 is 1.14 bits per heavy atom. The van der Waals surface area contributed by atoms with E-state index in [0.29, 0.717) is 33.1 Å². The fraction of sp³-hybridized carbons (Fsp3) is 0.379. The third-order valence-corrected chi connectivity index (χ3v) is 7.97. The van der Waals surface area contributed by atoms with E-state index in [4.69, 9.17) is 21.9 Å². The number of ether oxygens (including phenoxy) is 1. The topological polar surface area (TPSA) is 63.9 Å². The molecule has 1 amide bonds. The molecule has 0 aliphatic carbocycles. The molecular formula is C29H33N3O3S2. The number of aromatic nitrogens is 2. The Labute approximate surface area is 227 Å².